The number of hydrogen-bond donors (Lipinski definition) is 0. The monoisotopic (exact) mass is 392 g/mol. The van der Waals surface area contributed by atoms with Gasteiger partial charge in [0.05, 0.1) is 18.6 Å². The fourth-order valence-electron chi connectivity index (χ4n) is 5.92. The average Bonchev–Trinajstić information content (AvgIpc) is 3.24. The van der Waals surface area contributed by atoms with Gasteiger partial charge in [-0.1, -0.05) is 43.3 Å². The molecule has 1 amide bonds. The van der Waals surface area contributed by atoms with Crippen molar-refractivity contribution in [2.75, 3.05) is 19.8 Å². The summed E-state index contributed by atoms with van der Waals surface area (Å²) in [4.78, 5) is 20.3. The Labute approximate surface area is 172 Å². The number of amides is 1. The van der Waals surface area contributed by atoms with Crippen LogP contribution in [0.15, 0.2) is 54.9 Å². The van der Waals surface area contributed by atoms with Crippen LogP contribution in [0.4, 0.5) is 0 Å². The average molecular weight is 392 g/mol. The maximum Gasteiger partial charge on any atom is 0.233 e. The van der Waals surface area contributed by atoms with Gasteiger partial charge in [-0.3, -0.25) is 9.78 Å². The van der Waals surface area contributed by atoms with Crippen molar-refractivity contribution in [3.8, 4) is 0 Å². The third-order valence-corrected chi connectivity index (χ3v) is 7.34. The van der Waals surface area contributed by atoms with E-state index in [4.69, 9.17) is 9.47 Å². The van der Waals surface area contributed by atoms with E-state index in [1.165, 1.54) is 0 Å². The Morgan fingerprint density at radius 2 is 1.90 bits per heavy atom. The van der Waals surface area contributed by atoms with Gasteiger partial charge in [0.2, 0.25) is 5.91 Å². The Morgan fingerprint density at radius 3 is 2.62 bits per heavy atom. The number of piperidine rings is 1. The van der Waals surface area contributed by atoms with E-state index in [9.17, 15) is 4.79 Å². The van der Waals surface area contributed by atoms with Crippen molar-refractivity contribution in [3.63, 3.8) is 0 Å². The first-order valence-corrected chi connectivity index (χ1v) is 10.7. The molecule has 0 radical (unpaired) electrons. The van der Waals surface area contributed by atoms with E-state index >= 15 is 0 Å². The summed E-state index contributed by atoms with van der Waals surface area (Å²) in [5, 5.41) is 0. The molecule has 29 heavy (non-hydrogen) atoms. The molecule has 1 aromatic carbocycles. The van der Waals surface area contributed by atoms with E-state index in [2.05, 4.69) is 24.0 Å². The molecule has 3 atom stereocenters. The van der Waals surface area contributed by atoms with Crippen molar-refractivity contribution >= 4 is 5.91 Å². The van der Waals surface area contributed by atoms with Gasteiger partial charge >= 0.3 is 0 Å². The zero-order valence-electron chi connectivity index (χ0n) is 16.9. The number of carbonyl (C=O) groups excluding carboxylic acids is 1. The molecule has 1 aromatic heterocycles. The van der Waals surface area contributed by atoms with E-state index in [1.54, 1.807) is 6.20 Å². The lowest BCUT2D eigenvalue weighted by atomic mass is 9.54. The fourth-order valence-corrected chi connectivity index (χ4v) is 5.92. The van der Waals surface area contributed by atoms with Gasteiger partial charge in [0.15, 0.2) is 5.79 Å². The van der Waals surface area contributed by atoms with Gasteiger partial charge in [0, 0.05) is 37.8 Å². The minimum Gasteiger partial charge on any atom is -0.347 e. The summed E-state index contributed by atoms with van der Waals surface area (Å²) in [7, 11) is 0. The summed E-state index contributed by atoms with van der Waals surface area (Å²) in [6.07, 6.45) is 6.09. The Hall–Kier alpha value is -2.24. The highest BCUT2D eigenvalue weighted by molar-refractivity contribution is 5.90. The first kappa shape index (κ1) is 18.8. The number of likely N-dealkylation sites (tertiary alicyclic amines) is 1. The lowest BCUT2D eigenvalue weighted by molar-refractivity contribution is -0.238. The zero-order valence-corrected chi connectivity index (χ0v) is 16.9. The number of aromatic nitrogens is 1. The van der Waals surface area contributed by atoms with Crippen LogP contribution in [-0.4, -0.2) is 41.3 Å². The predicted octanol–water partition coefficient (Wildman–Crippen LogP) is 3.54. The lowest BCUT2D eigenvalue weighted by Crippen LogP contribution is -2.64. The predicted molar refractivity (Wildman–Crippen MR) is 109 cm³/mol. The molecular weight excluding hydrogens is 364 g/mol. The highest BCUT2D eigenvalue weighted by Crippen LogP contribution is 2.56. The van der Waals surface area contributed by atoms with E-state index in [0.717, 1.165) is 36.9 Å². The van der Waals surface area contributed by atoms with Crippen LogP contribution >= 0.6 is 0 Å². The summed E-state index contributed by atoms with van der Waals surface area (Å²) < 4.78 is 12.3. The maximum absolute atomic E-state index is 14.1. The number of benzene rings is 1. The van der Waals surface area contributed by atoms with Crippen molar-refractivity contribution in [2.45, 2.75) is 43.9 Å². The summed E-state index contributed by atoms with van der Waals surface area (Å²) >= 11 is 0. The number of carbonyl (C=O) groups is 1. The first-order chi connectivity index (χ1) is 14.2. The molecule has 2 aliphatic heterocycles. The van der Waals surface area contributed by atoms with E-state index in [-0.39, 0.29) is 17.7 Å². The van der Waals surface area contributed by atoms with Crippen LogP contribution in [0.1, 0.15) is 37.3 Å². The Morgan fingerprint density at radius 1 is 1.10 bits per heavy atom. The summed E-state index contributed by atoms with van der Waals surface area (Å²) in [6.45, 7) is 4.89. The molecule has 0 N–H and O–H groups in total. The van der Waals surface area contributed by atoms with Crippen molar-refractivity contribution < 1.29 is 14.3 Å². The molecule has 5 heteroatoms. The molecule has 5 nitrogen and oxygen atoms in total. The SMILES string of the molecule is C[C@H]1C2CCN(Cc3cccnc3)C(=O)C2(c2ccccc2)CCC12OCCO2. The number of fused-ring (bicyclic) bond motifs is 1. The molecule has 2 saturated heterocycles. The summed E-state index contributed by atoms with van der Waals surface area (Å²) in [6, 6.07) is 14.3. The molecule has 3 heterocycles. The molecular formula is C24H28N2O3. The van der Waals surface area contributed by atoms with Crippen molar-refractivity contribution in [1.29, 1.82) is 0 Å². The minimum absolute atomic E-state index is 0.170. The zero-order chi connectivity index (χ0) is 19.9. The second-order valence-corrected chi connectivity index (χ2v) is 8.62. The van der Waals surface area contributed by atoms with Crippen LogP contribution in [0, 0.1) is 11.8 Å². The third-order valence-electron chi connectivity index (χ3n) is 7.34. The lowest BCUT2D eigenvalue weighted by Gasteiger charge is -2.56. The number of ether oxygens (including phenoxy) is 2. The molecule has 3 fully saturated rings. The van der Waals surface area contributed by atoms with Gasteiger partial charge in [-0.25, -0.2) is 0 Å². The third kappa shape index (κ3) is 2.90. The number of rotatable bonds is 3. The number of hydrogen-bond acceptors (Lipinski definition) is 4. The first-order valence-electron chi connectivity index (χ1n) is 10.7. The summed E-state index contributed by atoms with van der Waals surface area (Å²) in [5.41, 5.74) is 1.69. The van der Waals surface area contributed by atoms with Gasteiger partial charge in [-0.2, -0.15) is 0 Å². The summed E-state index contributed by atoms with van der Waals surface area (Å²) in [5.74, 6) is 0.0933. The smallest absolute Gasteiger partial charge is 0.233 e. The van der Waals surface area contributed by atoms with E-state index in [0.29, 0.717) is 19.8 Å². The van der Waals surface area contributed by atoms with Crippen LogP contribution in [-0.2, 0) is 26.2 Å². The topological polar surface area (TPSA) is 51.7 Å². The molecule has 1 spiro atoms. The van der Waals surface area contributed by atoms with Crippen LogP contribution in [0.2, 0.25) is 0 Å². The largest absolute Gasteiger partial charge is 0.347 e. The fraction of sp³-hybridized carbons (Fsp3) is 0.500. The standard InChI is InChI=1S/C24H28N2O3/c1-18-21-9-13-26(17-19-6-5-12-25-16-19)22(27)23(21,20-7-3-2-4-8-20)10-11-24(18)28-14-15-29-24/h2-8,12,16,18,21H,9-11,13-15,17H2,1H3/t18-,21?,23?/m0/s1. The normalized spacial score (nSPS) is 31.1. The van der Waals surface area contributed by atoms with Crippen molar-refractivity contribution in [2.24, 2.45) is 11.8 Å². The highest BCUT2D eigenvalue weighted by Gasteiger charge is 2.62. The number of pyridine rings is 1. The second kappa shape index (κ2) is 7.22. The highest BCUT2D eigenvalue weighted by atomic mass is 16.7. The van der Waals surface area contributed by atoms with Gasteiger partial charge in [0.1, 0.15) is 0 Å². The Kier molecular flexibility index (Phi) is 4.67. The van der Waals surface area contributed by atoms with Gasteiger partial charge < -0.3 is 14.4 Å². The number of nitrogens with zero attached hydrogens (tertiary/aromatic N) is 2. The Bertz CT molecular complexity index is 866. The van der Waals surface area contributed by atoms with Gasteiger partial charge in [-0.15, -0.1) is 0 Å². The van der Waals surface area contributed by atoms with Crippen molar-refractivity contribution in [1.82, 2.24) is 9.88 Å². The molecule has 1 saturated carbocycles. The molecule has 2 aromatic rings. The molecule has 0 bridgehead atoms. The molecule has 5 rings (SSSR count). The van der Waals surface area contributed by atoms with Crippen LogP contribution in [0.5, 0.6) is 0 Å². The van der Waals surface area contributed by atoms with Crippen LogP contribution in [0.3, 0.4) is 0 Å². The molecule has 152 valence electrons. The van der Waals surface area contributed by atoms with E-state index < -0.39 is 11.2 Å². The maximum atomic E-state index is 14.1. The molecule has 3 aliphatic rings. The van der Waals surface area contributed by atoms with Crippen molar-refractivity contribution in [3.05, 3.63) is 66.0 Å². The quantitative estimate of drug-likeness (QED) is 0.802. The van der Waals surface area contributed by atoms with Crippen LogP contribution < -0.4 is 0 Å². The molecule has 2 unspecified atom stereocenters. The second-order valence-electron chi connectivity index (χ2n) is 8.62. The van der Waals surface area contributed by atoms with Gasteiger partial charge in [0.25, 0.3) is 0 Å². The minimum atomic E-state index is -0.519. The van der Waals surface area contributed by atoms with E-state index in [1.807, 2.05) is 41.4 Å². The Balaban J connectivity index is 1.53. The van der Waals surface area contributed by atoms with Gasteiger partial charge in [-0.05, 0) is 36.0 Å². The molecule has 1 aliphatic carbocycles. The van der Waals surface area contributed by atoms with Crippen LogP contribution in [0.25, 0.3) is 0 Å².